The van der Waals surface area contributed by atoms with Gasteiger partial charge in [0.15, 0.2) is 0 Å². The predicted molar refractivity (Wildman–Crippen MR) is 230 cm³/mol. The molecule has 11 N–H and O–H groups in total. The summed E-state index contributed by atoms with van der Waals surface area (Å²) < 4.78 is 0. The Morgan fingerprint density at radius 1 is 0.754 bits per heavy atom. The van der Waals surface area contributed by atoms with E-state index in [0.717, 1.165) is 42.1 Å². The quantitative estimate of drug-likeness (QED) is 0.0776. The van der Waals surface area contributed by atoms with Crippen LogP contribution < -0.4 is 37.6 Å². The molecule has 1 aromatic heterocycles. The van der Waals surface area contributed by atoms with Crippen LogP contribution in [0.15, 0.2) is 30.5 Å². The predicted octanol–water partition coefficient (Wildman–Crippen LogP) is 2.47. The molecule has 1 aliphatic heterocycles. The molecule has 2 aromatic rings. The number of benzene rings is 1. The molecule has 17 nitrogen and oxygen atoms in total. The van der Waals surface area contributed by atoms with Gasteiger partial charge in [-0.3, -0.25) is 33.6 Å². The number of para-hydroxylation sites is 1. The Labute approximate surface area is 358 Å². The van der Waals surface area contributed by atoms with Gasteiger partial charge in [-0.25, -0.2) is 0 Å². The van der Waals surface area contributed by atoms with Gasteiger partial charge in [-0.1, -0.05) is 58.7 Å². The third-order valence-corrected chi connectivity index (χ3v) is 11.8. The molecule has 0 spiro atoms. The number of carboxylic acids is 2. The number of rotatable bonds is 23. The Kier molecular flexibility index (Phi) is 19.0. The van der Waals surface area contributed by atoms with Gasteiger partial charge in [-0.05, 0) is 68.5 Å². The van der Waals surface area contributed by atoms with Crippen LogP contribution in [0.3, 0.4) is 0 Å². The van der Waals surface area contributed by atoms with Crippen molar-refractivity contribution < 1.29 is 43.8 Å². The molecule has 5 amide bonds. The van der Waals surface area contributed by atoms with Gasteiger partial charge in [0.2, 0.25) is 29.5 Å². The van der Waals surface area contributed by atoms with Crippen molar-refractivity contribution in [2.75, 3.05) is 13.1 Å². The summed E-state index contributed by atoms with van der Waals surface area (Å²) in [5.74, 6) is -4.79. The third-order valence-electron chi connectivity index (χ3n) is 11.8. The lowest BCUT2D eigenvalue weighted by molar-refractivity contribution is -0.140. The van der Waals surface area contributed by atoms with Crippen molar-refractivity contribution in [1.82, 2.24) is 36.9 Å². The van der Waals surface area contributed by atoms with Gasteiger partial charge in [0.25, 0.3) is 0 Å². The van der Waals surface area contributed by atoms with Crippen LogP contribution in [0.1, 0.15) is 110 Å². The van der Waals surface area contributed by atoms with Gasteiger partial charge in [0.1, 0.15) is 0 Å². The summed E-state index contributed by atoms with van der Waals surface area (Å²) in [7, 11) is 0. The molecule has 0 unspecified atom stereocenters. The van der Waals surface area contributed by atoms with E-state index in [1.807, 2.05) is 58.2 Å². The van der Waals surface area contributed by atoms with Crippen LogP contribution in [0, 0.1) is 23.7 Å². The maximum atomic E-state index is 14.1. The lowest BCUT2D eigenvalue weighted by Gasteiger charge is -2.34. The molecule has 0 bridgehead atoms. The number of piperidine rings is 1. The van der Waals surface area contributed by atoms with Crippen LogP contribution in [0.25, 0.3) is 10.9 Å². The summed E-state index contributed by atoms with van der Waals surface area (Å²) in [5, 5.41) is 37.5. The SMILES string of the molecule is CC(C)C[C@@H](CC(=O)N[C@H](CC(=O)N[C@@H]1CCNC[C@H]1C(=O)N[C@H](CC(=O)N[C@@H](CCC(=O)O)CC(=O)O)Cc1c[nH]c2ccccc12)C(C)C)NC(=O)[C@@H]1CCCC[C@H]1N. The van der Waals surface area contributed by atoms with Crippen molar-refractivity contribution in [3.8, 4) is 0 Å². The zero-order valence-corrected chi connectivity index (χ0v) is 36.1. The van der Waals surface area contributed by atoms with Gasteiger partial charge < -0.3 is 52.8 Å². The average Bonchev–Trinajstić information content (AvgIpc) is 3.58. The zero-order chi connectivity index (χ0) is 44.6. The number of amides is 5. The second-order valence-corrected chi connectivity index (χ2v) is 17.8. The maximum Gasteiger partial charge on any atom is 0.305 e. The Bertz CT molecular complexity index is 1820. The molecule has 1 aromatic carbocycles. The first kappa shape index (κ1) is 48.6. The van der Waals surface area contributed by atoms with Gasteiger partial charge in [-0.2, -0.15) is 0 Å². The first-order valence-electron chi connectivity index (χ1n) is 21.9. The fraction of sp³-hybridized carbons (Fsp3) is 0.659. The standard InChI is InChI=1S/C44H68N8O9/c1-25(2)17-29(49-43(60)32-10-5-7-11-34(32)45)19-39(54)52-37(26(3)4)22-40(55)51-36-15-16-46-24-33(36)44(61)50-30(18-27-23-47-35-12-8-6-9-31(27)35)20-38(53)48-28(21-42(58)59)13-14-41(56)57/h6,8-9,12,23,25-26,28-30,32-34,36-37,46-47H,5,7,10-11,13-22,24,45H2,1-4H3,(H,48,53)(H,49,60)(H,50,61)(H,51,55)(H,52,54)(H,56,57)(H,58,59)/t28-,29-,30-,32+,33+,34+,36+,37+/m0/s1. The van der Waals surface area contributed by atoms with Crippen LogP contribution in [0.4, 0.5) is 0 Å². The van der Waals surface area contributed by atoms with E-state index >= 15 is 0 Å². The largest absolute Gasteiger partial charge is 0.481 e. The molecule has 1 saturated heterocycles. The highest BCUT2D eigenvalue weighted by Gasteiger charge is 2.35. The number of hydrogen-bond acceptors (Lipinski definition) is 9. The Morgan fingerprint density at radius 2 is 1.43 bits per heavy atom. The smallest absolute Gasteiger partial charge is 0.305 e. The molecular weight excluding hydrogens is 785 g/mol. The van der Waals surface area contributed by atoms with E-state index in [1.165, 1.54) is 0 Å². The lowest BCUT2D eigenvalue weighted by atomic mass is 9.84. The summed E-state index contributed by atoms with van der Waals surface area (Å²) in [6, 6.07) is 4.31. The molecule has 2 aliphatic rings. The number of H-pyrrole nitrogens is 1. The number of aromatic nitrogens is 1. The summed E-state index contributed by atoms with van der Waals surface area (Å²) in [5.41, 5.74) is 7.99. The van der Waals surface area contributed by atoms with Gasteiger partial charge in [0.05, 0.1) is 18.3 Å². The van der Waals surface area contributed by atoms with Gasteiger partial charge >= 0.3 is 11.9 Å². The molecular formula is C44H68N8O9. The highest BCUT2D eigenvalue weighted by Crippen LogP contribution is 2.24. The van der Waals surface area contributed by atoms with E-state index < -0.39 is 54.4 Å². The van der Waals surface area contributed by atoms with Crippen LogP contribution in [-0.2, 0) is 40.0 Å². The van der Waals surface area contributed by atoms with E-state index in [0.29, 0.717) is 19.4 Å². The molecule has 2 fully saturated rings. The highest BCUT2D eigenvalue weighted by molar-refractivity contribution is 5.86. The fourth-order valence-electron chi connectivity index (χ4n) is 8.56. The second kappa shape index (κ2) is 23.8. The van der Waals surface area contributed by atoms with Crippen LogP contribution in [0.2, 0.25) is 0 Å². The summed E-state index contributed by atoms with van der Waals surface area (Å²) in [6.45, 7) is 8.71. The van der Waals surface area contributed by atoms with Crippen LogP contribution >= 0.6 is 0 Å². The lowest BCUT2D eigenvalue weighted by Crippen LogP contribution is -2.57. The molecule has 17 heteroatoms. The van der Waals surface area contributed by atoms with Gasteiger partial charge in [-0.15, -0.1) is 0 Å². The first-order chi connectivity index (χ1) is 29.0. The zero-order valence-electron chi connectivity index (χ0n) is 36.1. The van der Waals surface area contributed by atoms with E-state index in [2.05, 4.69) is 36.9 Å². The highest BCUT2D eigenvalue weighted by atomic mass is 16.4. The number of hydrogen-bond donors (Lipinski definition) is 10. The Morgan fingerprint density at radius 3 is 2.11 bits per heavy atom. The van der Waals surface area contributed by atoms with E-state index in [-0.39, 0.29) is 98.5 Å². The summed E-state index contributed by atoms with van der Waals surface area (Å²) >= 11 is 0. The summed E-state index contributed by atoms with van der Waals surface area (Å²) in [4.78, 5) is 93.7. The van der Waals surface area contributed by atoms with Crippen molar-refractivity contribution >= 4 is 52.4 Å². The Balaban J connectivity index is 1.41. The summed E-state index contributed by atoms with van der Waals surface area (Å²) in [6.07, 6.45) is 5.59. The van der Waals surface area contributed by atoms with Crippen molar-refractivity contribution in [3.05, 3.63) is 36.0 Å². The minimum absolute atomic E-state index is 0.0252. The fourth-order valence-corrected chi connectivity index (χ4v) is 8.56. The molecule has 61 heavy (non-hydrogen) atoms. The van der Waals surface area contributed by atoms with E-state index in [1.54, 1.807) is 0 Å². The molecule has 338 valence electrons. The number of nitrogens with two attached hydrogens (primary N) is 1. The number of carbonyl (C=O) groups is 7. The van der Waals surface area contributed by atoms with Crippen molar-refractivity contribution in [2.45, 2.75) is 147 Å². The van der Waals surface area contributed by atoms with Gasteiger partial charge in [0, 0.05) is 85.6 Å². The molecule has 2 heterocycles. The normalized spacial score (nSPS) is 21.2. The van der Waals surface area contributed by atoms with E-state index in [4.69, 9.17) is 10.8 Å². The number of carboxylic acid groups (broad SMARTS) is 2. The van der Waals surface area contributed by atoms with Crippen molar-refractivity contribution in [3.63, 3.8) is 0 Å². The Hall–Kier alpha value is -5.03. The van der Waals surface area contributed by atoms with Crippen molar-refractivity contribution in [2.24, 2.45) is 29.4 Å². The number of nitrogens with one attached hydrogen (secondary N) is 7. The number of fused-ring (bicyclic) bond motifs is 1. The maximum absolute atomic E-state index is 14.1. The molecule has 4 rings (SSSR count). The minimum Gasteiger partial charge on any atom is -0.481 e. The number of carbonyl (C=O) groups excluding carboxylic acids is 5. The van der Waals surface area contributed by atoms with Crippen molar-refractivity contribution in [1.29, 1.82) is 0 Å². The van der Waals surface area contributed by atoms with Crippen LogP contribution in [0.5, 0.6) is 0 Å². The average molecular weight is 853 g/mol. The second-order valence-electron chi connectivity index (χ2n) is 17.8. The molecule has 1 saturated carbocycles. The monoisotopic (exact) mass is 853 g/mol. The minimum atomic E-state index is -1.18. The molecule has 1 aliphatic carbocycles. The molecule has 8 atom stereocenters. The van der Waals surface area contributed by atoms with Crippen LogP contribution in [-0.4, -0.2) is 106 Å². The first-order valence-corrected chi connectivity index (χ1v) is 21.9. The number of aliphatic carboxylic acids is 2. The molecule has 0 radical (unpaired) electrons. The van der Waals surface area contributed by atoms with E-state index in [9.17, 15) is 38.7 Å². The third kappa shape index (κ3) is 16.1. The number of aromatic amines is 1. The topological polar surface area (TPSA) is 274 Å².